The van der Waals surface area contributed by atoms with Gasteiger partial charge in [-0.25, -0.2) is 9.18 Å². The molecule has 0 unspecified atom stereocenters. The Morgan fingerprint density at radius 3 is 2.19 bits per heavy atom. The van der Waals surface area contributed by atoms with Gasteiger partial charge in [0.05, 0.1) is 26.8 Å². The van der Waals surface area contributed by atoms with Crippen molar-refractivity contribution in [3.63, 3.8) is 0 Å². The third kappa shape index (κ3) is 7.43. The second kappa shape index (κ2) is 12.7. The van der Waals surface area contributed by atoms with Crippen LogP contribution in [-0.2, 0) is 23.9 Å². The van der Waals surface area contributed by atoms with Gasteiger partial charge in [-0.1, -0.05) is 82.4 Å². The van der Waals surface area contributed by atoms with E-state index in [0.717, 1.165) is 23.3 Å². The zero-order valence-electron chi connectivity index (χ0n) is 19.2. The highest BCUT2D eigenvalue weighted by Crippen LogP contribution is 2.33. The Balaban J connectivity index is 1.83. The number of benzene rings is 3. The summed E-state index contributed by atoms with van der Waals surface area (Å²) in [6.45, 7) is 3.53. The Morgan fingerprint density at radius 1 is 0.973 bits per heavy atom. The predicted octanol–water partition coefficient (Wildman–Crippen LogP) is 6.42. The molecule has 0 spiro atoms. The molecule has 3 aromatic carbocycles. The maximum Gasteiger partial charge on any atom is 0.338 e. The summed E-state index contributed by atoms with van der Waals surface area (Å²) in [5, 5.41) is 2.94. The molecular weight excluding hydrogens is 568 g/mol. The van der Waals surface area contributed by atoms with Crippen molar-refractivity contribution in [1.29, 1.82) is 0 Å². The van der Waals surface area contributed by atoms with Crippen LogP contribution in [0.1, 0.15) is 10.4 Å². The SMILES string of the molecule is [CH2][C@@H](OS(=O)(=O)c1cc(Cl)c(Cl)cc1Cl)[C@@H](OC(=O)c1ccc(-c2ccccc2)cc1)[C@H](F)/C=N/OC. The Morgan fingerprint density at radius 2 is 1.57 bits per heavy atom. The zero-order chi connectivity index (χ0) is 27.2. The third-order valence-corrected chi connectivity index (χ3v) is 7.48. The highest BCUT2D eigenvalue weighted by molar-refractivity contribution is 7.87. The van der Waals surface area contributed by atoms with E-state index in [1.807, 2.05) is 30.3 Å². The lowest BCUT2D eigenvalue weighted by atomic mass is 10.0. The van der Waals surface area contributed by atoms with Gasteiger partial charge in [0.15, 0.2) is 12.3 Å². The molecule has 0 aliphatic carbocycles. The van der Waals surface area contributed by atoms with Crippen LogP contribution in [-0.4, -0.2) is 46.1 Å². The molecule has 1 radical (unpaired) electrons. The molecule has 37 heavy (non-hydrogen) atoms. The van der Waals surface area contributed by atoms with Gasteiger partial charge in [0, 0.05) is 0 Å². The van der Waals surface area contributed by atoms with Crippen LogP contribution in [0.4, 0.5) is 4.39 Å². The molecule has 195 valence electrons. The molecule has 3 atom stereocenters. The first kappa shape index (κ1) is 28.9. The standard InChI is InChI=1S/C25H20Cl3FNO6S/c1-15(36-37(32,33)23-13-20(27)19(26)12-21(23)28)24(22(29)14-30-34-2)35-25(31)18-10-8-17(9-11-18)16-6-4-3-5-7-16/h3-15,22,24H,1H2,2H3/b30-14+/t15-,22-,24-/m1/s1. The van der Waals surface area contributed by atoms with E-state index in [1.165, 1.54) is 19.2 Å². The number of halogens is 4. The van der Waals surface area contributed by atoms with E-state index in [1.54, 1.807) is 12.1 Å². The Labute approximate surface area is 228 Å². The smallest absolute Gasteiger partial charge is 0.338 e. The van der Waals surface area contributed by atoms with E-state index < -0.39 is 39.4 Å². The first-order valence-corrected chi connectivity index (χ1v) is 13.1. The lowest BCUT2D eigenvalue weighted by Crippen LogP contribution is -2.41. The quantitative estimate of drug-likeness (QED) is 0.0894. The Bertz CT molecular complexity index is 1370. The molecule has 3 aromatic rings. The average Bonchev–Trinajstić information content (AvgIpc) is 2.88. The number of oxime groups is 1. The van der Waals surface area contributed by atoms with Crippen LogP contribution in [0.5, 0.6) is 0 Å². The topological polar surface area (TPSA) is 91.3 Å². The van der Waals surface area contributed by atoms with Gasteiger partial charge >= 0.3 is 5.97 Å². The van der Waals surface area contributed by atoms with E-state index in [0.29, 0.717) is 6.21 Å². The first-order valence-electron chi connectivity index (χ1n) is 10.5. The summed E-state index contributed by atoms with van der Waals surface area (Å²) in [6.07, 6.45) is -5.07. The second-order valence-corrected chi connectivity index (χ2v) is 10.2. The summed E-state index contributed by atoms with van der Waals surface area (Å²) in [7, 11) is -3.46. The highest BCUT2D eigenvalue weighted by Gasteiger charge is 2.35. The van der Waals surface area contributed by atoms with Crippen molar-refractivity contribution in [3.05, 3.63) is 94.3 Å². The number of carbonyl (C=O) groups excluding carboxylic acids is 1. The number of carbonyl (C=O) groups is 1. The minimum Gasteiger partial charge on any atom is -0.452 e. The summed E-state index contributed by atoms with van der Waals surface area (Å²) < 4.78 is 50.9. The minimum atomic E-state index is -4.64. The van der Waals surface area contributed by atoms with Gasteiger partial charge < -0.3 is 9.57 Å². The Kier molecular flexibility index (Phi) is 9.92. The molecule has 0 aromatic heterocycles. The monoisotopic (exact) mass is 586 g/mol. The van der Waals surface area contributed by atoms with Crippen molar-refractivity contribution in [2.24, 2.45) is 5.16 Å². The van der Waals surface area contributed by atoms with Crippen molar-refractivity contribution in [2.75, 3.05) is 7.11 Å². The van der Waals surface area contributed by atoms with Crippen molar-refractivity contribution < 1.29 is 31.4 Å². The van der Waals surface area contributed by atoms with Gasteiger partial charge in [-0.15, -0.1) is 0 Å². The molecule has 0 saturated heterocycles. The first-order chi connectivity index (χ1) is 17.5. The largest absolute Gasteiger partial charge is 0.452 e. The maximum atomic E-state index is 15.0. The highest BCUT2D eigenvalue weighted by atomic mass is 35.5. The lowest BCUT2D eigenvalue weighted by molar-refractivity contribution is -0.0149. The number of ether oxygens (including phenoxy) is 1. The summed E-state index contributed by atoms with van der Waals surface area (Å²) in [6, 6.07) is 17.9. The number of alkyl halides is 1. The van der Waals surface area contributed by atoms with Crippen LogP contribution in [0.3, 0.4) is 0 Å². The number of esters is 1. The third-order valence-electron chi connectivity index (χ3n) is 4.95. The van der Waals surface area contributed by atoms with Crippen LogP contribution in [0, 0.1) is 6.92 Å². The summed E-state index contributed by atoms with van der Waals surface area (Å²) >= 11 is 17.7. The van der Waals surface area contributed by atoms with Gasteiger partial charge in [0.25, 0.3) is 10.1 Å². The van der Waals surface area contributed by atoms with E-state index in [4.69, 9.17) is 43.7 Å². The molecule has 7 nitrogen and oxygen atoms in total. The second-order valence-electron chi connectivity index (χ2n) is 7.48. The Hall–Kier alpha value is -2.69. The fourth-order valence-corrected chi connectivity index (χ4v) is 5.13. The van der Waals surface area contributed by atoms with Gasteiger partial charge in [0.2, 0.25) is 0 Å². The number of rotatable bonds is 10. The lowest BCUT2D eigenvalue weighted by Gasteiger charge is -2.25. The van der Waals surface area contributed by atoms with Gasteiger partial charge in [-0.3, -0.25) is 4.18 Å². The van der Waals surface area contributed by atoms with Crippen molar-refractivity contribution in [2.45, 2.75) is 23.3 Å². The van der Waals surface area contributed by atoms with Crippen LogP contribution < -0.4 is 0 Å². The molecule has 3 rings (SSSR count). The zero-order valence-corrected chi connectivity index (χ0v) is 22.3. The molecule has 0 aliphatic rings. The van der Waals surface area contributed by atoms with Crippen molar-refractivity contribution >= 4 is 57.1 Å². The summed E-state index contributed by atoms with van der Waals surface area (Å²) in [5.74, 6) is -0.944. The van der Waals surface area contributed by atoms with Crippen LogP contribution >= 0.6 is 34.8 Å². The van der Waals surface area contributed by atoms with E-state index in [9.17, 15) is 17.6 Å². The summed E-state index contributed by atoms with van der Waals surface area (Å²) in [5.41, 5.74) is 1.85. The minimum absolute atomic E-state index is 0.0153. The fraction of sp³-hybridized carbons (Fsp3) is 0.160. The molecule has 0 heterocycles. The normalized spacial score (nSPS) is 14.2. The number of nitrogens with zero attached hydrogens (tertiary/aromatic N) is 1. The van der Waals surface area contributed by atoms with Crippen LogP contribution in [0.2, 0.25) is 15.1 Å². The van der Waals surface area contributed by atoms with Crippen molar-refractivity contribution in [1.82, 2.24) is 0 Å². The molecule has 0 bridgehead atoms. The molecule has 0 N–H and O–H groups in total. The number of hydrogen-bond donors (Lipinski definition) is 0. The van der Waals surface area contributed by atoms with Crippen LogP contribution in [0.25, 0.3) is 11.1 Å². The van der Waals surface area contributed by atoms with Gasteiger partial charge in [0.1, 0.15) is 18.1 Å². The van der Waals surface area contributed by atoms with Gasteiger partial charge in [-0.05, 0) is 42.3 Å². The van der Waals surface area contributed by atoms with E-state index in [-0.39, 0.29) is 20.6 Å². The predicted molar refractivity (Wildman–Crippen MR) is 140 cm³/mol. The van der Waals surface area contributed by atoms with E-state index in [2.05, 4.69) is 16.9 Å². The summed E-state index contributed by atoms with van der Waals surface area (Å²) in [4.78, 5) is 16.7. The average molecular weight is 588 g/mol. The molecule has 12 heteroatoms. The van der Waals surface area contributed by atoms with E-state index >= 15 is 0 Å². The molecule has 0 amide bonds. The maximum absolute atomic E-state index is 15.0. The molecule has 0 saturated carbocycles. The molecule has 0 fully saturated rings. The number of hydrogen-bond acceptors (Lipinski definition) is 7. The van der Waals surface area contributed by atoms with Crippen LogP contribution in [0.15, 0.2) is 76.8 Å². The molecular formula is C25H20Cl3FNO6S. The van der Waals surface area contributed by atoms with Crippen molar-refractivity contribution in [3.8, 4) is 11.1 Å². The molecule has 0 aliphatic heterocycles. The fourth-order valence-electron chi connectivity index (χ4n) is 3.14. The van der Waals surface area contributed by atoms with Gasteiger partial charge in [-0.2, -0.15) is 8.42 Å².